The van der Waals surface area contributed by atoms with Crippen LogP contribution >= 0.6 is 11.3 Å². The quantitative estimate of drug-likeness (QED) is 0.598. The molecule has 3 aromatic rings. The number of aromatic nitrogens is 1. The lowest BCUT2D eigenvalue weighted by Gasteiger charge is -2.26. The summed E-state index contributed by atoms with van der Waals surface area (Å²) in [6, 6.07) is 16.2. The Balaban J connectivity index is 1.51. The van der Waals surface area contributed by atoms with Gasteiger partial charge in [0.05, 0.1) is 37.5 Å². The average molecular weight is 434 g/mol. The van der Waals surface area contributed by atoms with Gasteiger partial charge in [0.25, 0.3) is 0 Å². The minimum absolute atomic E-state index is 0.0767. The van der Waals surface area contributed by atoms with Gasteiger partial charge in [0.1, 0.15) is 5.01 Å². The Labute approximate surface area is 184 Å². The second-order valence-corrected chi connectivity index (χ2v) is 8.38. The lowest BCUT2D eigenvalue weighted by molar-refractivity contribution is -0.124. The van der Waals surface area contributed by atoms with Crippen molar-refractivity contribution in [1.82, 2.24) is 15.3 Å². The van der Waals surface area contributed by atoms with Crippen LogP contribution in [0.25, 0.3) is 11.3 Å². The Morgan fingerprint density at radius 1 is 1.16 bits per heavy atom. The lowest BCUT2D eigenvalue weighted by atomic mass is 9.99. The number of hydrazone groups is 1. The number of carbonyl (C=O) groups excluding carboxylic acids is 2. The molecule has 0 atom stereocenters. The topological polar surface area (TPSA) is 101 Å². The van der Waals surface area contributed by atoms with Crippen molar-refractivity contribution in [1.29, 1.82) is 0 Å². The standard InChI is InChI=1S/C23H23N5O2S/c1-15-6-8-16(9-7-15)20-14-31-23(26-20)13-28-12-17-4-2-3-5-18(17)19(27-28)10-22(30)25-11-21(24)29/h2-9,14H,10-13H2,1H3,(H2,24,29)(H,25,30). The predicted molar refractivity (Wildman–Crippen MR) is 121 cm³/mol. The number of aryl methyl sites for hydroxylation is 1. The van der Waals surface area contributed by atoms with E-state index in [-0.39, 0.29) is 18.9 Å². The molecular weight excluding hydrogens is 410 g/mol. The van der Waals surface area contributed by atoms with Crippen LogP contribution in [0.15, 0.2) is 59.0 Å². The molecule has 2 aromatic carbocycles. The van der Waals surface area contributed by atoms with Crippen LogP contribution in [0.3, 0.4) is 0 Å². The molecule has 0 unspecified atom stereocenters. The van der Waals surface area contributed by atoms with Crippen molar-refractivity contribution < 1.29 is 9.59 Å². The molecule has 8 heteroatoms. The summed E-state index contributed by atoms with van der Waals surface area (Å²) in [6.45, 7) is 3.08. The number of benzene rings is 2. The van der Waals surface area contributed by atoms with E-state index in [0.717, 1.165) is 27.4 Å². The molecule has 7 nitrogen and oxygen atoms in total. The van der Waals surface area contributed by atoms with Crippen molar-refractivity contribution in [3.8, 4) is 11.3 Å². The third-order valence-electron chi connectivity index (χ3n) is 4.95. The number of nitrogens with one attached hydrogen (secondary N) is 1. The van der Waals surface area contributed by atoms with Gasteiger partial charge in [0.15, 0.2) is 0 Å². The van der Waals surface area contributed by atoms with E-state index in [9.17, 15) is 9.59 Å². The van der Waals surface area contributed by atoms with Crippen molar-refractivity contribution in [2.24, 2.45) is 10.8 Å². The summed E-state index contributed by atoms with van der Waals surface area (Å²) in [4.78, 5) is 28.0. The first-order chi connectivity index (χ1) is 15.0. The number of nitrogens with two attached hydrogens (primary N) is 1. The zero-order chi connectivity index (χ0) is 21.8. The summed E-state index contributed by atoms with van der Waals surface area (Å²) < 4.78 is 0. The number of hydrogen-bond acceptors (Lipinski definition) is 6. The molecule has 0 radical (unpaired) electrons. The number of thiazole rings is 1. The number of nitrogens with zero attached hydrogens (tertiary/aromatic N) is 3. The lowest BCUT2D eigenvalue weighted by Crippen LogP contribution is -2.35. The van der Waals surface area contributed by atoms with Gasteiger partial charge in [-0.2, -0.15) is 5.10 Å². The first-order valence-corrected chi connectivity index (χ1v) is 10.8. The molecule has 0 aliphatic carbocycles. The molecule has 158 valence electrons. The van der Waals surface area contributed by atoms with Crippen molar-refractivity contribution >= 4 is 28.9 Å². The molecule has 0 saturated carbocycles. The van der Waals surface area contributed by atoms with Crippen molar-refractivity contribution in [2.45, 2.75) is 26.4 Å². The maximum atomic E-state index is 12.2. The maximum absolute atomic E-state index is 12.2. The monoisotopic (exact) mass is 433 g/mol. The number of primary amides is 1. The van der Waals surface area contributed by atoms with E-state index in [1.54, 1.807) is 11.3 Å². The summed E-state index contributed by atoms with van der Waals surface area (Å²) in [7, 11) is 0. The fraction of sp³-hybridized carbons (Fsp3) is 0.217. The molecule has 0 saturated heterocycles. The van der Waals surface area contributed by atoms with Crippen LogP contribution in [0.4, 0.5) is 0 Å². The molecule has 0 bridgehead atoms. The van der Waals surface area contributed by atoms with Crippen LogP contribution in [0.2, 0.25) is 0 Å². The molecule has 2 amide bonds. The molecule has 1 aromatic heterocycles. The molecule has 0 spiro atoms. The Bertz CT molecular complexity index is 1140. The maximum Gasteiger partial charge on any atom is 0.236 e. The van der Waals surface area contributed by atoms with Gasteiger partial charge in [-0.3, -0.25) is 14.6 Å². The first kappa shape index (κ1) is 20.7. The predicted octanol–water partition coefficient (Wildman–Crippen LogP) is 2.83. The van der Waals surface area contributed by atoms with Gasteiger partial charge in [0, 0.05) is 16.5 Å². The molecule has 1 aliphatic heterocycles. The highest BCUT2D eigenvalue weighted by atomic mass is 32.1. The Morgan fingerprint density at radius 2 is 1.94 bits per heavy atom. The van der Waals surface area contributed by atoms with E-state index in [1.807, 2.05) is 29.3 Å². The van der Waals surface area contributed by atoms with Crippen molar-refractivity contribution in [3.63, 3.8) is 0 Å². The fourth-order valence-electron chi connectivity index (χ4n) is 3.41. The number of amides is 2. The SMILES string of the molecule is Cc1ccc(-c2csc(CN3Cc4ccccc4C(CC(=O)NCC(N)=O)=N3)n2)cc1. The van der Waals surface area contributed by atoms with Gasteiger partial charge in [-0.25, -0.2) is 4.98 Å². The summed E-state index contributed by atoms with van der Waals surface area (Å²) in [5.74, 6) is -0.862. The minimum atomic E-state index is -0.575. The summed E-state index contributed by atoms with van der Waals surface area (Å²) in [5, 5.41) is 12.2. The average Bonchev–Trinajstić information content (AvgIpc) is 3.21. The second-order valence-electron chi connectivity index (χ2n) is 7.44. The van der Waals surface area contributed by atoms with Crippen LogP contribution in [0.1, 0.15) is 28.1 Å². The second kappa shape index (κ2) is 9.09. The van der Waals surface area contributed by atoms with E-state index in [1.165, 1.54) is 5.56 Å². The van der Waals surface area contributed by atoms with Gasteiger partial charge in [-0.05, 0) is 12.5 Å². The van der Waals surface area contributed by atoms with E-state index in [0.29, 0.717) is 18.8 Å². The summed E-state index contributed by atoms with van der Waals surface area (Å²) in [6.07, 6.45) is 0.0767. The number of rotatable bonds is 7. The van der Waals surface area contributed by atoms with Gasteiger partial charge < -0.3 is 11.1 Å². The van der Waals surface area contributed by atoms with E-state index < -0.39 is 5.91 Å². The highest BCUT2D eigenvalue weighted by Crippen LogP contribution is 2.26. The molecule has 31 heavy (non-hydrogen) atoms. The fourth-order valence-corrected chi connectivity index (χ4v) is 4.23. The van der Waals surface area contributed by atoms with E-state index in [4.69, 9.17) is 15.8 Å². The Kier molecular flexibility index (Phi) is 6.08. The van der Waals surface area contributed by atoms with Crippen LogP contribution in [-0.4, -0.2) is 34.1 Å². The van der Waals surface area contributed by atoms with Crippen LogP contribution < -0.4 is 11.1 Å². The van der Waals surface area contributed by atoms with E-state index >= 15 is 0 Å². The molecular formula is C23H23N5O2S. The highest BCUT2D eigenvalue weighted by molar-refractivity contribution is 7.09. The Morgan fingerprint density at radius 3 is 2.71 bits per heavy atom. The Hall–Kier alpha value is -3.52. The van der Waals surface area contributed by atoms with Crippen LogP contribution in [0, 0.1) is 6.92 Å². The molecule has 2 heterocycles. The largest absolute Gasteiger partial charge is 0.368 e. The third-order valence-corrected chi connectivity index (χ3v) is 5.78. The molecule has 0 fully saturated rings. The molecule has 4 rings (SSSR count). The normalized spacial score (nSPS) is 12.8. The van der Waals surface area contributed by atoms with Gasteiger partial charge in [0.2, 0.25) is 11.8 Å². The molecule has 1 aliphatic rings. The van der Waals surface area contributed by atoms with Gasteiger partial charge in [-0.15, -0.1) is 11.3 Å². The zero-order valence-electron chi connectivity index (χ0n) is 17.2. The number of hydrogen-bond donors (Lipinski definition) is 2. The number of fused-ring (bicyclic) bond motifs is 1. The van der Waals surface area contributed by atoms with Crippen molar-refractivity contribution in [2.75, 3.05) is 6.54 Å². The summed E-state index contributed by atoms with van der Waals surface area (Å²) >= 11 is 1.60. The summed E-state index contributed by atoms with van der Waals surface area (Å²) in [5.41, 5.74) is 11.1. The van der Waals surface area contributed by atoms with Gasteiger partial charge in [-0.1, -0.05) is 54.1 Å². The first-order valence-electron chi connectivity index (χ1n) is 9.95. The highest BCUT2D eigenvalue weighted by Gasteiger charge is 2.22. The minimum Gasteiger partial charge on any atom is -0.368 e. The van der Waals surface area contributed by atoms with Crippen LogP contribution in [-0.2, 0) is 22.7 Å². The molecule has 3 N–H and O–H groups in total. The van der Waals surface area contributed by atoms with Crippen molar-refractivity contribution in [3.05, 3.63) is 75.6 Å². The van der Waals surface area contributed by atoms with Gasteiger partial charge >= 0.3 is 0 Å². The van der Waals surface area contributed by atoms with Crippen LogP contribution in [0.5, 0.6) is 0 Å². The third kappa shape index (κ3) is 5.16. The smallest absolute Gasteiger partial charge is 0.236 e. The van der Waals surface area contributed by atoms with E-state index in [2.05, 4.69) is 41.9 Å². The number of carbonyl (C=O) groups is 2. The zero-order valence-corrected chi connectivity index (χ0v) is 18.0.